The van der Waals surface area contributed by atoms with E-state index in [0.29, 0.717) is 24.6 Å². The summed E-state index contributed by atoms with van der Waals surface area (Å²) in [4.78, 5) is 34.5. The minimum atomic E-state index is -0.262. The number of aromatic nitrogens is 2. The Bertz CT molecular complexity index is 838. The predicted octanol–water partition coefficient (Wildman–Crippen LogP) is 1.86. The Hall–Kier alpha value is -2.67. The van der Waals surface area contributed by atoms with Crippen LogP contribution in [0.3, 0.4) is 0 Å². The molecule has 1 aromatic carbocycles. The van der Waals surface area contributed by atoms with Crippen molar-refractivity contribution in [1.29, 1.82) is 0 Å². The number of nitrogens with zero attached hydrogens (tertiary/aromatic N) is 4. The van der Waals surface area contributed by atoms with Crippen molar-refractivity contribution >= 4 is 17.5 Å². The molecule has 1 fully saturated rings. The van der Waals surface area contributed by atoms with Crippen LogP contribution < -0.4 is 5.32 Å². The van der Waals surface area contributed by atoms with E-state index in [1.54, 1.807) is 0 Å². The minimum Gasteiger partial charge on any atom is -0.335 e. The molecule has 2 amide bonds. The van der Waals surface area contributed by atoms with Gasteiger partial charge in [0, 0.05) is 38.4 Å². The molecule has 2 aliphatic rings. The molecule has 0 unspecified atom stereocenters. The zero-order valence-corrected chi connectivity index (χ0v) is 15.6. The highest BCUT2D eigenvalue weighted by atomic mass is 16.2. The van der Waals surface area contributed by atoms with E-state index in [1.807, 2.05) is 39.8 Å². The molecule has 4 rings (SSSR count). The van der Waals surface area contributed by atoms with E-state index in [0.717, 1.165) is 50.3 Å². The Labute approximate surface area is 159 Å². The van der Waals surface area contributed by atoms with Gasteiger partial charge in [0.15, 0.2) is 5.82 Å². The van der Waals surface area contributed by atoms with Gasteiger partial charge in [-0.25, -0.2) is 4.98 Å². The summed E-state index contributed by atoms with van der Waals surface area (Å²) in [5.74, 6) is 0.0281. The molecule has 0 atom stereocenters. The quantitative estimate of drug-likeness (QED) is 0.899. The molecular weight excluding hydrogens is 342 g/mol. The number of para-hydroxylation sites is 1. The highest BCUT2D eigenvalue weighted by Crippen LogP contribution is 2.23. The number of likely N-dealkylation sites (N-methyl/N-ethyl adjacent to an activating group) is 1. The number of anilines is 1. The van der Waals surface area contributed by atoms with Gasteiger partial charge in [-0.05, 0) is 38.4 Å². The van der Waals surface area contributed by atoms with Crippen molar-refractivity contribution < 1.29 is 9.59 Å². The molecule has 2 aliphatic heterocycles. The van der Waals surface area contributed by atoms with Gasteiger partial charge in [-0.2, -0.15) is 0 Å². The first-order valence-corrected chi connectivity index (χ1v) is 9.57. The average Bonchev–Trinajstić information content (AvgIpc) is 3.09. The zero-order chi connectivity index (χ0) is 18.8. The van der Waals surface area contributed by atoms with Crippen LogP contribution >= 0.6 is 0 Å². The normalized spacial score (nSPS) is 17.4. The molecule has 0 bridgehead atoms. The van der Waals surface area contributed by atoms with Gasteiger partial charge < -0.3 is 19.7 Å². The Morgan fingerprint density at radius 3 is 2.48 bits per heavy atom. The van der Waals surface area contributed by atoms with Gasteiger partial charge in [-0.15, -0.1) is 0 Å². The molecule has 7 heteroatoms. The number of piperazine rings is 1. The molecule has 1 saturated heterocycles. The van der Waals surface area contributed by atoms with Crippen LogP contribution in [0.2, 0.25) is 0 Å². The molecule has 1 N–H and O–H groups in total. The topological polar surface area (TPSA) is 70.5 Å². The van der Waals surface area contributed by atoms with E-state index in [2.05, 4.69) is 22.2 Å². The Morgan fingerprint density at radius 2 is 1.74 bits per heavy atom. The van der Waals surface area contributed by atoms with Crippen molar-refractivity contribution in [1.82, 2.24) is 19.4 Å². The fourth-order valence-corrected chi connectivity index (χ4v) is 3.76. The summed E-state index contributed by atoms with van der Waals surface area (Å²) in [5, 5.41) is 2.89. The highest BCUT2D eigenvalue weighted by molar-refractivity contribution is 6.03. The molecular formula is C20H25N5O2. The smallest absolute Gasteiger partial charge is 0.291 e. The lowest BCUT2D eigenvalue weighted by atomic mass is 10.1. The first kappa shape index (κ1) is 17.7. The number of carbonyl (C=O) groups is 2. The molecule has 7 nitrogen and oxygen atoms in total. The number of amides is 2. The molecule has 142 valence electrons. The van der Waals surface area contributed by atoms with E-state index >= 15 is 0 Å². The summed E-state index contributed by atoms with van der Waals surface area (Å²) in [7, 11) is 2.06. The maximum absolute atomic E-state index is 13.1. The van der Waals surface area contributed by atoms with Crippen molar-refractivity contribution in [3.05, 3.63) is 47.5 Å². The number of imidazole rings is 1. The summed E-state index contributed by atoms with van der Waals surface area (Å²) in [5.41, 5.74) is 2.09. The van der Waals surface area contributed by atoms with Gasteiger partial charge in [0.2, 0.25) is 0 Å². The largest absolute Gasteiger partial charge is 0.335 e. The molecule has 0 spiro atoms. The van der Waals surface area contributed by atoms with Crippen LogP contribution in [0, 0.1) is 0 Å². The van der Waals surface area contributed by atoms with Gasteiger partial charge in [0.05, 0.1) is 5.69 Å². The first-order valence-electron chi connectivity index (χ1n) is 9.57. The monoisotopic (exact) mass is 367 g/mol. The number of carbonyl (C=O) groups excluding carboxylic acids is 2. The molecule has 2 aromatic rings. The van der Waals surface area contributed by atoms with Crippen molar-refractivity contribution in [3.63, 3.8) is 0 Å². The van der Waals surface area contributed by atoms with Crippen LogP contribution in [-0.4, -0.2) is 64.4 Å². The van der Waals surface area contributed by atoms with Gasteiger partial charge in [0.1, 0.15) is 5.69 Å². The Morgan fingerprint density at radius 1 is 1.00 bits per heavy atom. The van der Waals surface area contributed by atoms with Gasteiger partial charge >= 0.3 is 0 Å². The third-order valence-corrected chi connectivity index (χ3v) is 5.35. The molecule has 27 heavy (non-hydrogen) atoms. The fourth-order valence-electron chi connectivity index (χ4n) is 3.76. The second-order valence-electron chi connectivity index (χ2n) is 7.26. The number of hydrogen-bond donors (Lipinski definition) is 1. The van der Waals surface area contributed by atoms with E-state index in [-0.39, 0.29) is 11.8 Å². The molecule has 3 heterocycles. The standard InChI is InChI=1S/C20H25N5O2/c1-23-11-13-24(14-12-23)20(27)17-16-9-5-6-10-25(16)18(22-17)19(26)21-15-7-3-2-4-8-15/h2-4,7-8H,5-6,9-14H2,1H3,(H,21,26). The first-order chi connectivity index (χ1) is 13.1. The summed E-state index contributed by atoms with van der Waals surface area (Å²) < 4.78 is 1.94. The third kappa shape index (κ3) is 3.60. The van der Waals surface area contributed by atoms with Crippen molar-refractivity contribution in [2.45, 2.75) is 25.8 Å². The second-order valence-corrected chi connectivity index (χ2v) is 7.26. The lowest BCUT2D eigenvalue weighted by molar-refractivity contribution is 0.0657. The lowest BCUT2D eigenvalue weighted by Gasteiger charge is -2.32. The van der Waals surface area contributed by atoms with E-state index in [9.17, 15) is 9.59 Å². The average molecular weight is 367 g/mol. The van der Waals surface area contributed by atoms with Crippen molar-refractivity contribution in [3.8, 4) is 0 Å². The highest BCUT2D eigenvalue weighted by Gasteiger charge is 2.30. The number of nitrogens with one attached hydrogen (secondary N) is 1. The van der Waals surface area contributed by atoms with Crippen LogP contribution in [0.4, 0.5) is 5.69 Å². The second kappa shape index (κ2) is 7.52. The van der Waals surface area contributed by atoms with E-state index in [1.165, 1.54) is 0 Å². The zero-order valence-electron chi connectivity index (χ0n) is 15.6. The maximum atomic E-state index is 13.1. The van der Waals surface area contributed by atoms with E-state index < -0.39 is 0 Å². The summed E-state index contributed by atoms with van der Waals surface area (Å²) in [6.45, 7) is 3.86. The van der Waals surface area contributed by atoms with Gasteiger partial charge in [-0.1, -0.05) is 18.2 Å². The lowest BCUT2D eigenvalue weighted by Crippen LogP contribution is -2.47. The van der Waals surface area contributed by atoms with Crippen LogP contribution in [0.25, 0.3) is 0 Å². The predicted molar refractivity (Wildman–Crippen MR) is 103 cm³/mol. The number of benzene rings is 1. The van der Waals surface area contributed by atoms with Crippen LogP contribution in [0.15, 0.2) is 30.3 Å². The summed E-state index contributed by atoms with van der Waals surface area (Å²) in [6, 6.07) is 9.33. The minimum absolute atomic E-state index is 0.0486. The number of hydrogen-bond acceptors (Lipinski definition) is 4. The summed E-state index contributed by atoms with van der Waals surface area (Å²) >= 11 is 0. The number of rotatable bonds is 3. The van der Waals surface area contributed by atoms with Crippen LogP contribution in [-0.2, 0) is 13.0 Å². The summed E-state index contributed by atoms with van der Waals surface area (Å²) in [6.07, 6.45) is 2.81. The van der Waals surface area contributed by atoms with E-state index in [4.69, 9.17) is 0 Å². The fraction of sp³-hybridized carbons (Fsp3) is 0.450. The van der Waals surface area contributed by atoms with Crippen LogP contribution in [0.5, 0.6) is 0 Å². The SMILES string of the molecule is CN1CCN(C(=O)c2nc(C(=O)Nc3ccccc3)n3c2CCCC3)CC1. The Kier molecular flexibility index (Phi) is 4.94. The molecule has 0 saturated carbocycles. The third-order valence-electron chi connectivity index (χ3n) is 5.35. The molecule has 0 radical (unpaired) electrons. The van der Waals surface area contributed by atoms with Crippen molar-refractivity contribution in [2.24, 2.45) is 0 Å². The Balaban J connectivity index is 1.61. The van der Waals surface area contributed by atoms with Crippen LogP contribution in [0.1, 0.15) is 39.6 Å². The maximum Gasteiger partial charge on any atom is 0.291 e. The van der Waals surface area contributed by atoms with Gasteiger partial charge in [-0.3, -0.25) is 9.59 Å². The molecule has 0 aliphatic carbocycles. The van der Waals surface area contributed by atoms with Gasteiger partial charge in [0.25, 0.3) is 11.8 Å². The number of fused-ring (bicyclic) bond motifs is 1. The molecule has 1 aromatic heterocycles. The van der Waals surface area contributed by atoms with Crippen molar-refractivity contribution in [2.75, 3.05) is 38.5 Å².